The summed E-state index contributed by atoms with van der Waals surface area (Å²) in [6.07, 6.45) is 0.635. The highest BCUT2D eigenvalue weighted by Gasteiger charge is 2.25. The predicted molar refractivity (Wildman–Crippen MR) is 134 cm³/mol. The summed E-state index contributed by atoms with van der Waals surface area (Å²) in [6.45, 7) is 6.24. The van der Waals surface area contributed by atoms with Crippen molar-refractivity contribution >= 4 is 28.7 Å². The summed E-state index contributed by atoms with van der Waals surface area (Å²) in [5.41, 5.74) is 2.55. The lowest BCUT2D eigenvalue weighted by atomic mass is 10.1. The number of esters is 1. The molecule has 2 heterocycles. The molecule has 0 N–H and O–H groups in total. The van der Waals surface area contributed by atoms with Crippen molar-refractivity contribution in [3.63, 3.8) is 0 Å². The molecule has 4 rings (SSSR count). The van der Waals surface area contributed by atoms with Crippen LogP contribution < -0.4 is 9.47 Å². The van der Waals surface area contributed by atoms with Gasteiger partial charge < -0.3 is 18.8 Å². The fourth-order valence-corrected chi connectivity index (χ4v) is 4.09. The van der Waals surface area contributed by atoms with Crippen molar-refractivity contribution in [2.24, 2.45) is 0 Å². The quantitative estimate of drug-likeness (QED) is 0.286. The molecular weight excluding hydrogens is 487 g/mol. The highest BCUT2D eigenvalue weighted by molar-refractivity contribution is 6.32. The number of ether oxygens (including phenoxy) is 3. The first-order chi connectivity index (χ1) is 17.3. The molecule has 0 fully saturated rings. The minimum Gasteiger partial charge on any atom is -0.496 e. The van der Waals surface area contributed by atoms with E-state index in [2.05, 4.69) is 15.0 Å². The highest BCUT2D eigenvalue weighted by atomic mass is 35.5. The van der Waals surface area contributed by atoms with Gasteiger partial charge in [-0.3, -0.25) is 0 Å². The number of rotatable bonds is 8. The number of benzene rings is 2. The van der Waals surface area contributed by atoms with Crippen molar-refractivity contribution < 1.29 is 23.4 Å². The topological polar surface area (TPSA) is 88.4 Å². The van der Waals surface area contributed by atoms with Gasteiger partial charge in [0.2, 0.25) is 0 Å². The molecule has 2 aromatic carbocycles. The fraction of sp³-hybridized carbons (Fsp3) is 0.308. The number of aromatic nitrogens is 4. The molecule has 8 nitrogen and oxygen atoms in total. The molecule has 36 heavy (non-hydrogen) atoms. The van der Waals surface area contributed by atoms with Gasteiger partial charge in [0.05, 0.1) is 38.0 Å². The summed E-state index contributed by atoms with van der Waals surface area (Å²) >= 11 is 6.08. The van der Waals surface area contributed by atoms with Gasteiger partial charge in [0, 0.05) is 5.56 Å². The minimum absolute atomic E-state index is 0.0181. The van der Waals surface area contributed by atoms with E-state index in [0.29, 0.717) is 30.2 Å². The Hall–Kier alpha value is -3.72. The third kappa shape index (κ3) is 4.70. The molecule has 10 heteroatoms. The Labute approximate surface area is 213 Å². The summed E-state index contributed by atoms with van der Waals surface area (Å²) in [5.74, 6) is -0.249. The zero-order valence-electron chi connectivity index (χ0n) is 20.7. The second kappa shape index (κ2) is 10.5. The van der Waals surface area contributed by atoms with E-state index in [-0.39, 0.29) is 40.0 Å². The van der Waals surface area contributed by atoms with Crippen molar-refractivity contribution in [1.29, 1.82) is 0 Å². The zero-order valence-corrected chi connectivity index (χ0v) is 21.4. The van der Waals surface area contributed by atoms with Crippen molar-refractivity contribution in [1.82, 2.24) is 19.5 Å². The van der Waals surface area contributed by atoms with Crippen LogP contribution in [0.4, 0.5) is 4.39 Å². The maximum atomic E-state index is 15.3. The molecule has 0 spiro atoms. The number of imidazole rings is 1. The van der Waals surface area contributed by atoms with Gasteiger partial charge in [-0.05, 0) is 44.0 Å². The molecule has 0 unspecified atom stereocenters. The lowest BCUT2D eigenvalue weighted by molar-refractivity contribution is 0.0500. The van der Waals surface area contributed by atoms with E-state index < -0.39 is 11.8 Å². The van der Waals surface area contributed by atoms with Crippen LogP contribution in [0.2, 0.25) is 5.02 Å². The number of carbonyl (C=O) groups is 1. The zero-order chi connectivity index (χ0) is 26.0. The number of methoxy groups -OCH3 is 2. The van der Waals surface area contributed by atoms with Gasteiger partial charge in [0.25, 0.3) is 0 Å². The van der Waals surface area contributed by atoms with Crippen LogP contribution in [-0.4, -0.2) is 46.3 Å². The SMILES string of the molecule is CCCOC(=O)c1nc(-c2ccc(Cl)c(OC)c2F)nc2c1nc(C)n2Cc1ccc(C)cc1OC. The van der Waals surface area contributed by atoms with Crippen LogP contribution in [0.5, 0.6) is 11.5 Å². The number of hydrogen-bond donors (Lipinski definition) is 0. The number of aryl methyl sites for hydroxylation is 2. The van der Waals surface area contributed by atoms with Crippen LogP contribution in [0.1, 0.15) is 40.8 Å². The Balaban J connectivity index is 1.95. The first-order valence-corrected chi connectivity index (χ1v) is 11.7. The third-order valence-corrected chi connectivity index (χ3v) is 5.98. The largest absolute Gasteiger partial charge is 0.496 e. The normalized spacial score (nSPS) is 11.1. The lowest BCUT2D eigenvalue weighted by Crippen LogP contribution is -2.12. The monoisotopic (exact) mass is 512 g/mol. The average molecular weight is 513 g/mol. The van der Waals surface area contributed by atoms with Gasteiger partial charge in [-0.2, -0.15) is 0 Å². The molecule has 0 saturated carbocycles. The maximum absolute atomic E-state index is 15.3. The predicted octanol–water partition coefficient (Wildman–Crippen LogP) is 5.53. The van der Waals surface area contributed by atoms with Crippen molar-refractivity contribution in [2.75, 3.05) is 20.8 Å². The molecule has 188 valence electrons. The highest BCUT2D eigenvalue weighted by Crippen LogP contribution is 2.35. The van der Waals surface area contributed by atoms with E-state index in [1.54, 1.807) is 14.0 Å². The van der Waals surface area contributed by atoms with E-state index in [0.717, 1.165) is 11.1 Å². The number of fused-ring (bicyclic) bond motifs is 1. The minimum atomic E-state index is -0.736. The molecule has 0 aliphatic carbocycles. The van der Waals surface area contributed by atoms with Crippen LogP contribution in [0.3, 0.4) is 0 Å². The van der Waals surface area contributed by atoms with E-state index in [9.17, 15) is 4.79 Å². The summed E-state index contributed by atoms with van der Waals surface area (Å²) < 4.78 is 33.2. The molecule has 2 aromatic heterocycles. The second-order valence-corrected chi connectivity index (χ2v) is 8.61. The number of nitrogens with zero attached hydrogens (tertiary/aromatic N) is 4. The molecular formula is C26H26ClFN4O4. The summed E-state index contributed by atoms with van der Waals surface area (Å²) in [6, 6.07) is 8.81. The van der Waals surface area contributed by atoms with Gasteiger partial charge in [0.1, 0.15) is 17.1 Å². The molecule has 0 bridgehead atoms. The van der Waals surface area contributed by atoms with Gasteiger partial charge in [-0.15, -0.1) is 0 Å². The van der Waals surface area contributed by atoms with Crippen LogP contribution in [0, 0.1) is 19.7 Å². The second-order valence-electron chi connectivity index (χ2n) is 8.21. The van der Waals surface area contributed by atoms with Crippen molar-refractivity contribution in [2.45, 2.75) is 33.7 Å². The first kappa shape index (κ1) is 25.4. The van der Waals surface area contributed by atoms with Crippen molar-refractivity contribution in [3.8, 4) is 22.9 Å². The van der Waals surface area contributed by atoms with Gasteiger partial charge in [-0.1, -0.05) is 30.7 Å². The molecule has 0 atom stereocenters. The molecule has 0 aliphatic rings. The Kier molecular flexibility index (Phi) is 7.40. The van der Waals surface area contributed by atoms with Crippen LogP contribution in [0.25, 0.3) is 22.6 Å². The number of hydrogen-bond acceptors (Lipinski definition) is 7. The van der Waals surface area contributed by atoms with E-state index in [4.69, 9.17) is 25.8 Å². The van der Waals surface area contributed by atoms with E-state index in [1.165, 1.54) is 19.2 Å². The molecule has 0 amide bonds. The number of halogens is 2. The van der Waals surface area contributed by atoms with E-state index >= 15 is 4.39 Å². The van der Waals surface area contributed by atoms with Gasteiger partial charge in [-0.25, -0.2) is 24.1 Å². The molecule has 0 aliphatic heterocycles. The average Bonchev–Trinajstić information content (AvgIpc) is 3.18. The Morgan fingerprint density at radius 2 is 1.86 bits per heavy atom. The van der Waals surface area contributed by atoms with Gasteiger partial charge >= 0.3 is 5.97 Å². The standard InChI is InChI=1S/C26H26ClFN4O4/c1-6-11-36-26(33)22-21-25(31-24(30-22)17-9-10-18(27)23(35-5)20(17)28)32(15(3)29-21)13-16-8-7-14(2)12-19(16)34-4/h7-10,12H,6,11,13H2,1-5H3. The first-order valence-electron chi connectivity index (χ1n) is 11.4. The summed E-state index contributed by atoms with van der Waals surface area (Å²) in [7, 11) is 2.93. The van der Waals surface area contributed by atoms with Crippen LogP contribution in [-0.2, 0) is 11.3 Å². The smallest absolute Gasteiger partial charge is 0.359 e. The molecule has 4 aromatic rings. The molecule has 0 radical (unpaired) electrons. The number of carbonyl (C=O) groups excluding carboxylic acids is 1. The summed E-state index contributed by atoms with van der Waals surface area (Å²) in [4.78, 5) is 26.5. The lowest BCUT2D eigenvalue weighted by Gasteiger charge is -2.13. The van der Waals surface area contributed by atoms with Crippen LogP contribution in [0.15, 0.2) is 30.3 Å². The fourth-order valence-electron chi connectivity index (χ4n) is 3.87. The van der Waals surface area contributed by atoms with Crippen LogP contribution >= 0.6 is 11.6 Å². The summed E-state index contributed by atoms with van der Waals surface area (Å²) in [5, 5.41) is 0.106. The van der Waals surface area contributed by atoms with Crippen molar-refractivity contribution in [3.05, 3.63) is 63.8 Å². The Bertz CT molecular complexity index is 1450. The maximum Gasteiger partial charge on any atom is 0.359 e. The van der Waals surface area contributed by atoms with Gasteiger partial charge in [0.15, 0.2) is 28.7 Å². The Morgan fingerprint density at radius 1 is 1.08 bits per heavy atom. The molecule has 0 saturated heterocycles. The third-order valence-electron chi connectivity index (χ3n) is 5.68. The Morgan fingerprint density at radius 3 is 2.56 bits per heavy atom. The van der Waals surface area contributed by atoms with E-state index in [1.807, 2.05) is 36.6 Å².